The van der Waals surface area contributed by atoms with Crippen LogP contribution in [0.5, 0.6) is 0 Å². The lowest BCUT2D eigenvalue weighted by atomic mass is 10.2. The Hall–Kier alpha value is -1.17. The fourth-order valence-corrected chi connectivity index (χ4v) is 2.89. The minimum Gasteiger partial charge on any atom is -0.337 e. The fourth-order valence-electron chi connectivity index (χ4n) is 2.27. The molecule has 0 atom stereocenters. The summed E-state index contributed by atoms with van der Waals surface area (Å²) in [5, 5.41) is 0. The molecule has 0 unspecified atom stereocenters. The molecule has 0 spiro atoms. The number of anilines is 1. The number of halogens is 1. The molecule has 1 saturated heterocycles. The Balaban J connectivity index is 1.55. The van der Waals surface area contributed by atoms with E-state index in [4.69, 9.17) is 11.6 Å². The summed E-state index contributed by atoms with van der Waals surface area (Å²) in [6.45, 7) is 5.00. The second kappa shape index (κ2) is 5.86. The molecule has 1 aliphatic rings. The quantitative estimate of drug-likeness (QED) is 0.871. The van der Waals surface area contributed by atoms with Crippen LogP contribution in [-0.2, 0) is 6.54 Å². The van der Waals surface area contributed by atoms with Crippen LogP contribution >= 0.6 is 23.1 Å². The summed E-state index contributed by atoms with van der Waals surface area (Å²) in [7, 11) is 0. The summed E-state index contributed by atoms with van der Waals surface area (Å²) in [5.41, 5.74) is 1.37. The zero-order valence-electron chi connectivity index (χ0n) is 10.5. The van der Waals surface area contributed by atoms with Crippen LogP contribution in [0, 0.1) is 0 Å². The van der Waals surface area contributed by atoms with E-state index in [1.54, 1.807) is 0 Å². The molecule has 1 aromatic carbocycles. The molecular weight excluding hydrogens is 280 g/mol. The first-order valence-corrected chi connectivity index (χ1v) is 7.47. The van der Waals surface area contributed by atoms with Crippen molar-refractivity contribution < 1.29 is 0 Å². The third-order valence-electron chi connectivity index (χ3n) is 3.29. The van der Waals surface area contributed by atoms with Crippen molar-refractivity contribution in [1.29, 1.82) is 0 Å². The molecule has 19 heavy (non-hydrogen) atoms. The highest BCUT2D eigenvalue weighted by atomic mass is 35.5. The second-order valence-corrected chi connectivity index (χ2v) is 5.93. The number of piperazine rings is 1. The number of rotatable bonds is 3. The van der Waals surface area contributed by atoms with Crippen LogP contribution in [0.1, 0.15) is 5.56 Å². The Morgan fingerprint density at radius 3 is 2.47 bits per heavy atom. The summed E-state index contributed by atoms with van der Waals surface area (Å²) >= 11 is 7.07. The number of hydrogen-bond acceptors (Lipinski definition) is 5. The van der Waals surface area contributed by atoms with Crippen LogP contribution in [0.15, 0.2) is 30.3 Å². The van der Waals surface area contributed by atoms with Gasteiger partial charge in [-0.2, -0.15) is 9.36 Å². The Kier molecular flexibility index (Phi) is 3.96. The van der Waals surface area contributed by atoms with E-state index in [9.17, 15) is 0 Å². The first-order valence-electron chi connectivity index (χ1n) is 6.32. The van der Waals surface area contributed by atoms with E-state index in [0.717, 1.165) is 38.7 Å². The zero-order valence-corrected chi connectivity index (χ0v) is 12.1. The average molecular weight is 295 g/mol. The third kappa shape index (κ3) is 3.23. The molecule has 0 saturated carbocycles. The maximum Gasteiger partial charge on any atom is 0.238 e. The van der Waals surface area contributed by atoms with Crippen LogP contribution < -0.4 is 4.90 Å². The van der Waals surface area contributed by atoms with Gasteiger partial charge in [0.05, 0.1) is 0 Å². The summed E-state index contributed by atoms with van der Waals surface area (Å²) in [5.74, 6) is 0.773. The van der Waals surface area contributed by atoms with E-state index in [1.165, 1.54) is 17.1 Å². The molecule has 0 aliphatic carbocycles. The van der Waals surface area contributed by atoms with Gasteiger partial charge in [-0.25, -0.2) is 0 Å². The predicted molar refractivity (Wildman–Crippen MR) is 78.9 cm³/mol. The lowest BCUT2D eigenvalue weighted by molar-refractivity contribution is 0.249. The molecule has 6 heteroatoms. The van der Waals surface area contributed by atoms with E-state index in [2.05, 4.69) is 49.5 Å². The minimum absolute atomic E-state index is 0.515. The van der Waals surface area contributed by atoms with E-state index >= 15 is 0 Å². The van der Waals surface area contributed by atoms with Crippen LogP contribution in [0.25, 0.3) is 0 Å². The van der Waals surface area contributed by atoms with E-state index < -0.39 is 0 Å². The minimum atomic E-state index is 0.515. The normalized spacial score (nSPS) is 16.8. The highest BCUT2D eigenvalue weighted by Gasteiger charge is 2.19. The van der Waals surface area contributed by atoms with Gasteiger partial charge in [0.25, 0.3) is 0 Å². The van der Waals surface area contributed by atoms with Crippen LogP contribution in [0.3, 0.4) is 0 Å². The maximum absolute atomic E-state index is 5.82. The lowest BCUT2D eigenvalue weighted by Crippen LogP contribution is -2.46. The van der Waals surface area contributed by atoms with Gasteiger partial charge in [-0.3, -0.25) is 4.90 Å². The standard InChI is InChI=1S/C13H15ClN4S/c14-12-15-13(16-19-12)18-8-6-17(7-9-18)10-11-4-2-1-3-5-11/h1-5H,6-10H2. The number of benzene rings is 1. The van der Waals surface area contributed by atoms with Crippen molar-refractivity contribution in [3.05, 3.63) is 40.4 Å². The largest absolute Gasteiger partial charge is 0.337 e. The lowest BCUT2D eigenvalue weighted by Gasteiger charge is -2.34. The third-order valence-corrected chi connectivity index (χ3v) is 4.08. The number of nitrogens with zero attached hydrogens (tertiary/aromatic N) is 4. The van der Waals surface area contributed by atoms with E-state index in [1.807, 2.05) is 0 Å². The molecule has 1 aliphatic heterocycles. The van der Waals surface area contributed by atoms with Gasteiger partial charge in [-0.1, -0.05) is 30.3 Å². The van der Waals surface area contributed by atoms with Crippen molar-refractivity contribution in [1.82, 2.24) is 14.3 Å². The topological polar surface area (TPSA) is 32.3 Å². The SMILES string of the molecule is Clc1nc(N2CCN(Cc3ccccc3)CC2)ns1. The summed E-state index contributed by atoms with van der Waals surface area (Å²) in [4.78, 5) is 8.88. The van der Waals surface area contributed by atoms with E-state index in [0.29, 0.717) is 4.47 Å². The molecule has 0 bridgehead atoms. The number of hydrogen-bond donors (Lipinski definition) is 0. The Labute approximate surface area is 121 Å². The predicted octanol–water partition coefficient (Wildman–Crippen LogP) is 2.51. The second-order valence-electron chi connectivity index (χ2n) is 4.60. The van der Waals surface area contributed by atoms with Crippen molar-refractivity contribution in [2.45, 2.75) is 6.54 Å². The van der Waals surface area contributed by atoms with Crippen molar-refractivity contribution in [2.75, 3.05) is 31.1 Å². The van der Waals surface area contributed by atoms with Gasteiger partial charge >= 0.3 is 0 Å². The van der Waals surface area contributed by atoms with Crippen LogP contribution in [-0.4, -0.2) is 40.4 Å². The van der Waals surface area contributed by atoms with Gasteiger partial charge < -0.3 is 4.90 Å². The van der Waals surface area contributed by atoms with Gasteiger partial charge in [0.2, 0.25) is 10.4 Å². The highest BCUT2D eigenvalue weighted by Crippen LogP contribution is 2.19. The molecule has 3 rings (SSSR count). The number of aromatic nitrogens is 2. The fraction of sp³-hybridized carbons (Fsp3) is 0.385. The monoisotopic (exact) mass is 294 g/mol. The summed E-state index contributed by atoms with van der Waals surface area (Å²) < 4.78 is 4.77. The maximum atomic E-state index is 5.82. The van der Waals surface area contributed by atoms with E-state index in [-0.39, 0.29) is 0 Å². The van der Waals surface area contributed by atoms with Gasteiger partial charge in [0.15, 0.2) is 0 Å². The average Bonchev–Trinajstić information content (AvgIpc) is 2.87. The molecule has 1 aromatic heterocycles. The van der Waals surface area contributed by atoms with Crippen LogP contribution in [0.4, 0.5) is 5.95 Å². The smallest absolute Gasteiger partial charge is 0.238 e. The van der Waals surface area contributed by atoms with Crippen LogP contribution in [0.2, 0.25) is 4.47 Å². The Bertz CT molecular complexity index is 522. The van der Waals surface area contributed by atoms with Crippen molar-refractivity contribution in [3.8, 4) is 0 Å². The zero-order chi connectivity index (χ0) is 13.1. The highest BCUT2D eigenvalue weighted by molar-refractivity contribution is 7.10. The van der Waals surface area contributed by atoms with Gasteiger partial charge in [-0.15, -0.1) is 0 Å². The first kappa shape index (κ1) is 12.8. The summed E-state index contributed by atoms with van der Waals surface area (Å²) in [6, 6.07) is 10.6. The molecule has 100 valence electrons. The van der Waals surface area contributed by atoms with Crippen molar-refractivity contribution >= 4 is 29.1 Å². The Morgan fingerprint density at radius 2 is 1.84 bits per heavy atom. The summed E-state index contributed by atoms with van der Waals surface area (Å²) in [6.07, 6.45) is 0. The molecule has 0 N–H and O–H groups in total. The molecule has 0 amide bonds. The first-order chi connectivity index (χ1) is 9.31. The Morgan fingerprint density at radius 1 is 1.11 bits per heavy atom. The van der Waals surface area contributed by atoms with Gasteiger partial charge in [0.1, 0.15) is 0 Å². The molecule has 2 aromatic rings. The molecule has 4 nitrogen and oxygen atoms in total. The molecule has 0 radical (unpaired) electrons. The van der Waals surface area contributed by atoms with Crippen molar-refractivity contribution in [2.24, 2.45) is 0 Å². The van der Waals surface area contributed by atoms with Gasteiger partial charge in [0, 0.05) is 44.3 Å². The molecule has 1 fully saturated rings. The van der Waals surface area contributed by atoms with Gasteiger partial charge in [-0.05, 0) is 17.2 Å². The molecule has 2 heterocycles. The van der Waals surface area contributed by atoms with Crippen molar-refractivity contribution in [3.63, 3.8) is 0 Å². The molecular formula is C13H15ClN4S.